The summed E-state index contributed by atoms with van der Waals surface area (Å²) in [6.07, 6.45) is 0. The van der Waals surface area contributed by atoms with E-state index in [2.05, 4.69) is 56.9 Å². The summed E-state index contributed by atoms with van der Waals surface area (Å²) < 4.78 is 5.33. The molecule has 114 valence electrons. The molecule has 2 N–H and O–H groups in total. The van der Waals surface area contributed by atoms with Crippen molar-refractivity contribution in [2.45, 2.75) is 46.4 Å². The smallest absolute Gasteiger partial charge is 0.0716 e. The predicted octanol–water partition coefficient (Wildman–Crippen LogP) is 3.20. The number of hydrogen-bond acceptors (Lipinski definition) is 3. The molecular formula is C17H30N2O. The van der Waals surface area contributed by atoms with Crippen molar-refractivity contribution in [3.63, 3.8) is 0 Å². The van der Waals surface area contributed by atoms with Crippen molar-refractivity contribution >= 4 is 0 Å². The Balaban J connectivity index is 3.09. The molecule has 0 amide bonds. The standard InChI is InChI=1S/C17H30N2O/c1-13(2)11-19(14(3)4)17(10-18)16-9-7-6-8-15(16)12-20-5/h6-9,13-14,17H,10-12,18H2,1-5H3. The summed E-state index contributed by atoms with van der Waals surface area (Å²) in [5, 5.41) is 0. The van der Waals surface area contributed by atoms with E-state index >= 15 is 0 Å². The normalized spacial score (nSPS) is 13.4. The minimum atomic E-state index is 0.253. The Morgan fingerprint density at radius 1 is 1.15 bits per heavy atom. The molecule has 0 spiro atoms. The highest BCUT2D eigenvalue weighted by molar-refractivity contribution is 5.30. The fourth-order valence-corrected chi connectivity index (χ4v) is 2.71. The van der Waals surface area contributed by atoms with E-state index in [1.165, 1.54) is 11.1 Å². The first-order valence-electron chi connectivity index (χ1n) is 7.53. The lowest BCUT2D eigenvalue weighted by Crippen LogP contribution is -2.41. The van der Waals surface area contributed by atoms with Crippen LogP contribution in [0.1, 0.15) is 44.9 Å². The van der Waals surface area contributed by atoms with Gasteiger partial charge in [0.15, 0.2) is 0 Å². The van der Waals surface area contributed by atoms with Crippen molar-refractivity contribution in [3.05, 3.63) is 35.4 Å². The van der Waals surface area contributed by atoms with E-state index < -0.39 is 0 Å². The van der Waals surface area contributed by atoms with Gasteiger partial charge in [0.2, 0.25) is 0 Å². The molecular weight excluding hydrogens is 248 g/mol. The monoisotopic (exact) mass is 278 g/mol. The van der Waals surface area contributed by atoms with Crippen LogP contribution in [0, 0.1) is 5.92 Å². The summed E-state index contributed by atoms with van der Waals surface area (Å²) in [5.41, 5.74) is 8.64. The minimum absolute atomic E-state index is 0.253. The summed E-state index contributed by atoms with van der Waals surface area (Å²) in [5.74, 6) is 0.626. The van der Waals surface area contributed by atoms with Gasteiger partial charge in [0.1, 0.15) is 0 Å². The molecule has 0 saturated heterocycles. The lowest BCUT2D eigenvalue weighted by atomic mass is 9.97. The van der Waals surface area contributed by atoms with Gasteiger partial charge in [-0.3, -0.25) is 4.90 Å². The van der Waals surface area contributed by atoms with Crippen LogP contribution >= 0.6 is 0 Å². The maximum absolute atomic E-state index is 6.10. The summed E-state index contributed by atoms with van der Waals surface area (Å²) in [6, 6.07) is 9.19. The molecule has 0 aliphatic carbocycles. The third-order valence-electron chi connectivity index (χ3n) is 3.58. The Hall–Kier alpha value is -0.900. The highest BCUT2D eigenvalue weighted by Crippen LogP contribution is 2.26. The van der Waals surface area contributed by atoms with Gasteiger partial charge in [0.05, 0.1) is 6.61 Å². The molecule has 1 rings (SSSR count). The molecule has 0 fully saturated rings. The first-order chi connectivity index (χ1) is 9.51. The Labute approximate surface area is 124 Å². The quantitative estimate of drug-likeness (QED) is 0.793. The van der Waals surface area contributed by atoms with E-state index in [1.807, 2.05) is 0 Å². The molecule has 0 aromatic heterocycles. The SMILES string of the molecule is COCc1ccccc1C(CN)N(CC(C)C)C(C)C. The molecule has 0 saturated carbocycles. The molecule has 0 radical (unpaired) electrons. The third kappa shape index (κ3) is 4.58. The second-order valence-electron chi connectivity index (χ2n) is 6.07. The molecule has 3 heteroatoms. The van der Waals surface area contributed by atoms with Crippen molar-refractivity contribution in [2.75, 3.05) is 20.2 Å². The van der Waals surface area contributed by atoms with Crippen molar-refractivity contribution in [3.8, 4) is 0 Å². The zero-order valence-electron chi connectivity index (χ0n) is 13.6. The van der Waals surface area contributed by atoms with Crippen LogP contribution in [-0.4, -0.2) is 31.1 Å². The van der Waals surface area contributed by atoms with Crippen LogP contribution in [-0.2, 0) is 11.3 Å². The molecule has 1 aromatic carbocycles. The zero-order chi connectivity index (χ0) is 15.1. The Morgan fingerprint density at radius 3 is 2.30 bits per heavy atom. The predicted molar refractivity (Wildman–Crippen MR) is 85.6 cm³/mol. The van der Waals surface area contributed by atoms with E-state index in [0.29, 0.717) is 25.1 Å². The maximum Gasteiger partial charge on any atom is 0.0716 e. The lowest BCUT2D eigenvalue weighted by molar-refractivity contribution is 0.134. The van der Waals surface area contributed by atoms with E-state index in [9.17, 15) is 0 Å². The summed E-state index contributed by atoms with van der Waals surface area (Å²) >= 11 is 0. The molecule has 3 nitrogen and oxygen atoms in total. The fourth-order valence-electron chi connectivity index (χ4n) is 2.71. The molecule has 0 aliphatic rings. The highest BCUT2D eigenvalue weighted by atomic mass is 16.5. The topological polar surface area (TPSA) is 38.5 Å². The average Bonchev–Trinajstić information content (AvgIpc) is 2.40. The largest absolute Gasteiger partial charge is 0.380 e. The van der Waals surface area contributed by atoms with E-state index in [1.54, 1.807) is 7.11 Å². The Bertz CT molecular complexity index is 390. The van der Waals surface area contributed by atoms with Gasteiger partial charge in [-0.1, -0.05) is 38.1 Å². The molecule has 1 unspecified atom stereocenters. The van der Waals surface area contributed by atoms with Crippen LogP contribution in [0.2, 0.25) is 0 Å². The molecule has 0 heterocycles. The highest BCUT2D eigenvalue weighted by Gasteiger charge is 2.24. The molecule has 1 aromatic rings. The van der Waals surface area contributed by atoms with Crippen molar-refractivity contribution in [1.29, 1.82) is 0 Å². The summed E-state index contributed by atoms with van der Waals surface area (Å²) in [7, 11) is 1.74. The van der Waals surface area contributed by atoms with Gasteiger partial charge in [0, 0.05) is 32.3 Å². The number of rotatable bonds is 8. The number of nitrogens with zero attached hydrogens (tertiary/aromatic N) is 1. The van der Waals surface area contributed by atoms with Crippen molar-refractivity contribution < 1.29 is 4.74 Å². The number of methoxy groups -OCH3 is 1. The van der Waals surface area contributed by atoms with Gasteiger partial charge in [0.25, 0.3) is 0 Å². The summed E-state index contributed by atoms with van der Waals surface area (Å²) in [4.78, 5) is 2.50. The second kappa shape index (κ2) is 8.40. The number of ether oxygens (including phenoxy) is 1. The first kappa shape index (κ1) is 17.2. The van der Waals surface area contributed by atoms with Gasteiger partial charge < -0.3 is 10.5 Å². The van der Waals surface area contributed by atoms with Crippen LogP contribution in [0.15, 0.2) is 24.3 Å². The van der Waals surface area contributed by atoms with Crippen LogP contribution in [0.25, 0.3) is 0 Å². The Kier molecular flexibility index (Phi) is 7.20. The van der Waals surface area contributed by atoms with Crippen LogP contribution in [0.3, 0.4) is 0 Å². The maximum atomic E-state index is 6.10. The molecule has 0 aliphatic heterocycles. The average molecular weight is 278 g/mol. The van der Waals surface area contributed by atoms with Gasteiger partial charge >= 0.3 is 0 Å². The third-order valence-corrected chi connectivity index (χ3v) is 3.58. The summed E-state index contributed by atoms with van der Waals surface area (Å²) in [6.45, 7) is 11.3. The van der Waals surface area contributed by atoms with E-state index in [-0.39, 0.29) is 6.04 Å². The van der Waals surface area contributed by atoms with Gasteiger partial charge in [-0.15, -0.1) is 0 Å². The number of benzene rings is 1. The van der Waals surface area contributed by atoms with Crippen LogP contribution in [0.5, 0.6) is 0 Å². The zero-order valence-corrected chi connectivity index (χ0v) is 13.6. The first-order valence-corrected chi connectivity index (χ1v) is 7.53. The fraction of sp³-hybridized carbons (Fsp3) is 0.647. The van der Waals surface area contributed by atoms with Crippen molar-refractivity contribution in [1.82, 2.24) is 4.90 Å². The van der Waals surface area contributed by atoms with Gasteiger partial charge in [-0.2, -0.15) is 0 Å². The minimum Gasteiger partial charge on any atom is -0.380 e. The molecule has 1 atom stereocenters. The molecule has 0 bridgehead atoms. The van der Waals surface area contributed by atoms with Crippen LogP contribution < -0.4 is 5.73 Å². The molecule has 20 heavy (non-hydrogen) atoms. The van der Waals surface area contributed by atoms with Crippen molar-refractivity contribution in [2.24, 2.45) is 11.7 Å². The van der Waals surface area contributed by atoms with Crippen LogP contribution in [0.4, 0.5) is 0 Å². The lowest BCUT2D eigenvalue weighted by Gasteiger charge is -2.36. The second-order valence-corrected chi connectivity index (χ2v) is 6.07. The Morgan fingerprint density at radius 2 is 1.80 bits per heavy atom. The van der Waals surface area contributed by atoms with Gasteiger partial charge in [-0.05, 0) is 30.9 Å². The van der Waals surface area contributed by atoms with Gasteiger partial charge in [-0.25, -0.2) is 0 Å². The number of nitrogens with two attached hydrogens (primary N) is 1. The number of hydrogen-bond donors (Lipinski definition) is 1. The van der Waals surface area contributed by atoms with E-state index in [0.717, 1.165) is 6.54 Å². The van der Waals surface area contributed by atoms with E-state index in [4.69, 9.17) is 10.5 Å².